The third kappa shape index (κ3) is 5.25. The van der Waals surface area contributed by atoms with Crippen molar-refractivity contribution in [3.63, 3.8) is 0 Å². The van der Waals surface area contributed by atoms with E-state index in [-0.39, 0.29) is 0 Å². The molecule has 0 aliphatic rings. The van der Waals surface area contributed by atoms with E-state index in [1.54, 1.807) is 0 Å². The fourth-order valence-electron chi connectivity index (χ4n) is 9.63. The molecule has 5 nitrogen and oxygen atoms in total. The molecular weight excluding hydrogens is 757 g/mol. The van der Waals surface area contributed by atoms with Crippen molar-refractivity contribution in [1.82, 2.24) is 19.5 Å². The van der Waals surface area contributed by atoms with Crippen LogP contribution in [0, 0.1) is 0 Å². The van der Waals surface area contributed by atoms with E-state index in [2.05, 4.69) is 168 Å². The first-order valence-corrected chi connectivity index (χ1v) is 20.9. The Morgan fingerprint density at radius 1 is 0.323 bits per heavy atom. The van der Waals surface area contributed by atoms with Crippen molar-refractivity contribution in [3.05, 3.63) is 206 Å². The van der Waals surface area contributed by atoms with Crippen molar-refractivity contribution in [2.75, 3.05) is 0 Å². The van der Waals surface area contributed by atoms with E-state index in [4.69, 9.17) is 19.4 Å². The van der Waals surface area contributed by atoms with Gasteiger partial charge in [-0.1, -0.05) is 158 Å². The van der Waals surface area contributed by atoms with Crippen molar-refractivity contribution in [2.45, 2.75) is 0 Å². The first kappa shape index (κ1) is 34.5. The van der Waals surface area contributed by atoms with Gasteiger partial charge in [-0.2, -0.15) is 0 Å². The fraction of sp³-hybridized carbons (Fsp3) is 0. The molecule has 288 valence electrons. The summed E-state index contributed by atoms with van der Waals surface area (Å²) < 4.78 is 8.88. The molecule has 3 heterocycles. The number of benzene rings is 10. The molecule has 0 bridgehead atoms. The van der Waals surface area contributed by atoms with E-state index < -0.39 is 0 Å². The van der Waals surface area contributed by atoms with Crippen LogP contribution in [-0.2, 0) is 0 Å². The highest BCUT2D eigenvalue weighted by Crippen LogP contribution is 2.43. The lowest BCUT2D eigenvalue weighted by Gasteiger charge is -2.16. The van der Waals surface area contributed by atoms with Gasteiger partial charge in [0.15, 0.2) is 17.5 Å². The molecule has 0 saturated heterocycles. The second-order valence-electron chi connectivity index (χ2n) is 15.9. The van der Waals surface area contributed by atoms with E-state index in [0.29, 0.717) is 17.5 Å². The van der Waals surface area contributed by atoms with Gasteiger partial charge >= 0.3 is 0 Å². The van der Waals surface area contributed by atoms with Crippen molar-refractivity contribution < 1.29 is 4.42 Å². The smallest absolute Gasteiger partial charge is 0.167 e. The largest absolute Gasteiger partial charge is 0.455 e. The number of fused-ring (bicyclic) bond motifs is 12. The topological polar surface area (TPSA) is 56.7 Å². The highest BCUT2D eigenvalue weighted by atomic mass is 16.3. The Balaban J connectivity index is 1.04. The highest BCUT2D eigenvalue weighted by molar-refractivity contribution is 6.28. The predicted molar refractivity (Wildman–Crippen MR) is 256 cm³/mol. The maximum absolute atomic E-state index is 6.52. The molecule has 0 atom stereocenters. The second kappa shape index (κ2) is 13.6. The number of aromatic nitrogens is 4. The summed E-state index contributed by atoms with van der Waals surface area (Å²) in [5.41, 5.74) is 10.1. The van der Waals surface area contributed by atoms with E-state index in [1.165, 1.54) is 43.5 Å². The lowest BCUT2D eigenvalue weighted by Crippen LogP contribution is -2.01. The van der Waals surface area contributed by atoms with Crippen LogP contribution < -0.4 is 0 Å². The predicted octanol–water partition coefficient (Wildman–Crippen LogP) is 15.0. The minimum atomic E-state index is 0.562. The zero-order chi connectivity index (χ0) is 40.7. The third-order valence-corrected chi connectivity index (χ3v) is 12.4. The minimum absolute atomic E-state index is 0.562. The molecule has 10 aromatic carbocycles. The molecule has 0 radical (unpaired) electrons. The van der Waals surface area contributed by atoms with Crippen molar-refractivity contribution in [1.29, 1.82) is 0 Å². The van der Waals surface area contributed by atoms with Crippen LogP contribution in [0.4, 0.5) is 0 Å². The summed E-state index contributed by atoms with van der Waals surface area (Å²) in [5, 5.41) is 11.5. The maximum atomic E-state index is 6.52. The molecule has 13 rings (SSSR count). The van der Waals surface area contributed by atoms with Crippen LogP contribution in [-0.4, -0.2) is 19.5 Å². The molecule has 0 N–H and O–H groups in total. The Hall–Kier alpha value is -8.41. The zero-order valence-corrected chi connectivity index (χ0v) is 33.3. The Bertz CT molecular complexity index is 3920. The monoisotopic (exact) mass is 790 g/mol. The number of hydrogen-bond acceptors (Lipinski definition) is 4. The molecule has 0 amide bonds. The summed E-state index contributed by atoms with van der Waals surface area (Å²) in [7, 11) is 0. The highest BCUT2D eigenvalue weighted by Gasteiger charge is 2.21. The third-order valence-electron chi connectivity index (χ3n) is 12.4. The molecule has 13 aromatic rings. The number of hydrogen-bond donors (Lipinski definition) is 0. The lowest BCUT2D eigenvalue weighted by atomic mass is 9.89. The average Bonchev–Trinajstić information content (AvgIpc) is 3.90. The van der Waals surface area contributed by atoms with Crippen LogP contribution in [0.25, 0.3) is 127 Å². The van der Waals surface area contributed by atoms with E-state index in [9.17, 15) is 0 Å². The Labute approximate surface area is 355 Å². The minimum Gasteiger partial charge on any atom is -0.455 e. The van der Waals surface area contributed by atoms with Gasteiger partial charge in [0.2, 0.25) is 0 Å². The number of rotatable bonds is 5. The first-order chi connectivity index (χ1) is 30.7. The van der Waals surface area contributed by atoms with Crippen LogP contribution >= 0.6 is 0 Å². The van der Waals surface area contributed by atoms with Crippen molar-refractivity contribution in [2.24, 2.45) is 0 Å². The van der Waals surface area contributed by atoms with Gasteiger partial charge < -0.3 is 8.98 Å². The zero-order valence-electron chi connectivity index (χ0n) is 33.3. The Morgan fingerprint density at radius 2 is 0.871 bits per heavy atom. The summed E-state index contributed by atoms with van der Waals surface area (Å²) in [5.74, 6) is 1.77. The summed E-state index contributed by atoms with van der Waals surface area (Å²) in [4.78, 5) is 15.7. The molecule has 5 heteroatoms. The SMILES string of the molecule is c1ccc(-c2nc(-c3cccc4c3oc3ccccc34)nc(-c3cccc4c5ccccc5c5cc(-c6ccc7c(c6)c6ccccc6n7-c6ccccc6)ccc5c34)n2)cc1. The van der Waals surface area contributed by atoms with Gasteiger partial charge in [0.05, 0.1) is 16.6 Å². The standard InChI is InChI=1S/C57H34N4O/c1-3-15-35(16-4-1)55-58-56(60-57(59-55)47-26-14-24-45-42-22-10-12-28-52(42)62-54(45)47)46-25-13-23-43-39-19-7-8-20-40(39)48-33-36(29-31-44(48)53(43)46)37-30-32-51-49(34-37)41-21-9-11-27-50(41)61(51)38-17-5-2-6-18-38/h1-34H. The number of nitrogens with zero attached hydrogens (tertiary/aromatic N) is 4. The molecule has 0 saturated carbocycles. The Kier molecular flexibility index (Phi) is 7.54. The number of furan rings is 1. The average molecular weight is 791 g/mol. The van der Waals surface area contributed by atoms with Gasteiger partial charge in [0, 0.05) is 43.7 Å². The van der Waals surface area contributed by atoms with Gasteiger partial charge in [-0.05, 0) is 86.6 Å². The normalized spacial score (nSPS) is 11.9. The van der Waals surface area contributed by atoms with E-state index in [1.807, 2.05) is 42.5 Å². The van der Waals surface area contributed by atoms with Gasteiger partial charge in [0.25, 0.3) is 0 Å². The molecule has 0 fully saturated rings. The molecule has 62 heavy (non-hydrogen) atoms. The van der Waals surface area contributed by atoms with Crippen LogP contribution in [0.5, 0.6) is 0 Å². The summed E-state index contributed by atoms with van der Waals surface area (Å²) in [6, 6.07) is 72.8. The molecule has 0 aliphatic heterocycles. The van der Waals surface area contributed by atoms with E-state index >= 15 is 0 Å². The quantitative estimate of drug-likeness (QED) is 0.163. The maximum Gasteiger partial charge on any atom is 0.167 e. The molecule has 0 aliphatic carbocycles. The van der Waals surface area contributed by atoms with Gasteiger partial charge in [-0.3, -0.25) is 0 Å². The number of para-hydroxylation sites is 4. The van der Waals surface area contributed by atoms with Crippen LogP contribution in [0.15, 0.2) is 211 Å². The Morgan fingerprint density at radius 3 is 1.68 bits per heavy atom. The van der Waals surface area contributed by atoms with Gasteiger partial charge in [0.1, 0.15) is 11.2 Å². The molecular formula is C57H34N4O. The van der Waals surface area contributed by atoms with Gasteiger partial charge in [-0.15, -0.1) is 0 Å². The van der Waals surface area contributed by atoms with Gasteiger partial charge in [-0.25, -0.2) is 15.0 Å². The molecule has 0 unspecified atom stereocenters. The summed E-state index contributed by atoms with van der Waals surface area (Å²) in [6.45, 7) is 0. The molecule has 3 aromatic heterocycles. The fourth-order valence-corrected chi connectivity index (χ4v) is 9.63. The molecule has 0 spiro atoms. The summed E-state index contributed by atoms with van der Waals surface area (Å²) in [6.07, 6.45) is 0. The van der Waals surface area contributed by atoms with Crippen molar-refractivity contribution >= 4 is 76.1 Å². The van der Waals surface area contributed by atoms with Crippen molar-refractivity contribution in [3.8, 4) is 51.0 Å². The first-order valence-electron chi connectivity index (χ1n) is 20.9. The van der Waals surface area contributed by atoms with E-state index in [0.717, 1.165) is 66.0 Å². The second-order valence-corrected chi connectivity index (χ2v) is 15.9. The van der Waals surface area contributed by atoms with Crippen LogP contribution in [0.2, 0.25) is 0 Å². The van der Waals surface area contributed by atoms with Crippen LogP contribution in [0.1, 0.15) is 0 Å². The van der Waals surface area contributed by atoms with Crippen LogP contribution in [0.3, 0.4) is 0 Å². The lowest BCUT2D eigenvalue weighted by molar-refractivity contribution is 0.669. The summed E-state index contributed by atoms with van der Waals surface area (Å²) >= 11 is 0.